The molecule has 0 spiro atoms. The predicted molar refractivity (Wildman–Crippen MR) is 126 cm³/mol. The quantitative estimate of drug-likeness (QED) is 0.363. The van der Waals surface area contributed by atoms with Crippen molar-refractivity contribution in [1.29, 1.82) is 0 Å². The van der Waals surface area contributed by atoms with Crippen molar-refractivity contribution in [2.45, 2.75) is 26.3 Å². The number of para-hydroxylation sites is 1. The maximum atomic E-state index is 13.2. The second-order valence-electron chi connectivity index (χ2n) is 6.95. The van der Waals surface area contributed by atoms with Crippen LogP contribution in [0.4, 0.5) is 5.13 Å². The van der Waals surface area contributed by atoms with Gasteiger partial charge in [-0.2, -0.15) is 0 Å². The zero-order chi connectivity index (χ0) is 20.2. The zero-order valence-electron chi connectivity index (χ0n) is 16.5. The number of imidazole rings is 1. The van der Waals surface area contributed by atoms with Gasteiger partial charge in [0.15, 0.2) is 5.13 Å². The summed E-state index contributed by atoms with van der Waals surface area (Å²) in [5, 5.41) is 1.30. The molecule has 0 saturated heterocycles. The Morgan fingerprint density at radius 2 is 2.07 bits per heavy atom. The van der Waals surface area contributed by atoms with Gasteiger partial charge in [0.05, 0.1) is 22.5 Å². The van der Waals surface area contributed by atoms with Crippen molar-refractivity contribution in [3.63, 3.8) is 0 Å². The number of carbonyl (C=O) groups is 1. The number of fused-ring (bicyclic) bond motifs is 1. The van der Waals surface area contributed by atoms with E-state index in [1.165, 1.54) is 11.3 Å². The maximum Gasteiger partial charge on any atom is 0.233 e. The number of halogens is 2. The number of aromatic nitrogens is 3. The van der Waals surface area contributed by atoms with Gasteiger partial charge in [0.2, 0.25) is 5.91 Å². The molecule has 0 aliphatic carbocycles. The van der Waals surface area contributed by atoms with Crippen LogP contribution in [0.15, 0.2) is 61.2 Å². The van der Waals surface area contributed by atoms with Crippen LogP contribution in [0.1, 0.15) is 17.5 Å². The van der Waals surface area contributed by atoms with E-state index in [1.54, 1.807) is 17.4 Å². The summed E-state index contributed by atoms with van der Waals surface area (Å²) in [5.74, 6) is 0.0383. The van der Waals surface area contributed by atoms with Crippen LogP contribution in [0.3, 0.4) is 0 Å². The van der Waals surface area contributed by atoms with Crippen LogP contribution in [0, 0.1) is 6.92 Å². The lowest BCUT2D eigenvalue weighted by Crippen LogP contribution is -2.33. The molecule has 0 saturated carbocycles. The smallest absolute Gasteiger partial charge is 0.233 e. The van der Waals surface area contributed by atoms with E-state index in [1.807, 2.05) is 54.1 Å². The molecule has 30 heavy (non-hydrogen) atoms. The molecule has 0 unspecified atom stereocenters. The summed E-state index contributed by atoms with van der Waals surface area (Å²) in [4.78, 5) is 23.8. The van der Waals surface area contributed by atoms with Gasteiger partial charge < -0.3 is 4.57 Å². The SMILES string of the molecule is Cc1cccc(CC(=O)N(CCCn2ccnc2)c2nc3c(Cl)cccc3s2)c1.Cl. The highest BCUT2D eigenvalue weighted by atomic mass is 35.5. The Bertz CT molecular complexity index is 1130. The van der Waals surface area contributed by atoms with E-state index in [9.17, 15) is 4.79 Å². The lowest BCUT2D eigenvalue weighted by molar-refractivity contribution is -0.118. The van der Waals surface area contributed by atoms with Crippen LogP contribution in [0.25, 0.3) is 10.2 Å². The predicted octanol–water partition coefficient (Wildman–Crippen LogP) is 5.54. The van der Waals surface area contributed by atoms with Crippen LogP contribution >= 0.6 is 35.3 Å². The van der Waals surface area contributed by atoms with Crippen molar-refractivity contribution in [3.05, 3.63) is 77.3 Å². The molecule has 8 heteroatoms. The monoisotopic (exact) mass is 460 g/mol. The summed E-state index contributed by atoms with van der Waals surface area (Å²) < 4.78 is 2.99. The Morgan fingerprint density at radius 3 is 2.80 bits per heavy atom. The molecule has 0 fully saturated rings. The fraction of sp³-hybridized carbons (Fsp3) is 0.227. The summed E-state index contributed by atoms with van der Waals surface area (Å²) in [6.07, 6.45) is 6.62. The van der Waals surface area contributed by atoms with Crippen molar-refractivity contribution in [1.82, 2.24) is 14.5 Å². The molecule has 0 bridgehead atoms. The Labute approximate surface area is 190 Å². The summed E-state index contributed by atoms with van der Waals surface area (Å²) in [5.41, 5.74) is 2.90. The molecular weight excluding hydrogens is 439 g/mol. The van der Waals surface area contributed by atoms with Crippen molar-refractivity contribution in [3.8, 4) is 0 Å². The Kier molecular flexibility index (Phi) is 7.48. The van der Waals surface area contributed by atoms with Crippen molar-refractivity contribution in [2.24, 2.45) is 0 Å². The van der Waals surface area contributed by atoms with E-state index in [-0.39, 0.29) is 18.3 Å². The Morgan fingerprint density at radius 1 is 1.23 bits per heavy atom. The van der Waals surface area contributed by atoms with Gasteiger partial charge in [0, 0.05) is 25.5 Å². The Hall–Kier alpha value is -2.41. The number of nitrogens with zero attached hydrogens (tertiary/aromatic N) is 4. The highest BCUT2D eigenvalue weighted by Gasteiger charge is 2.20. The number of benzene rings is 2. The van der Waals surface area contributed by atoms with Crippen molar-refractivity contribution < 1.29 is 4.79 Å². The number of hydrogen-bond donors (Lipinski definition) is 0. The van der Waals surface area contributed by atoms with E-state index in [0.717, 1.165) is 34.3 Å². The molecule has 5 nitrogen and oxygen atoms in total. The molecule has 2 heterocycles. The van der Waals surface area contributed by atoms with Gasteiger partial charge in [-0.3, -0.25) is 9.69 Å². The van der Waals surface area contributed by atoms with Gasteiger partial charge in [0.1, 0.15) is 5.52 Å². The van der Waals surface area contributed by atoms with Crippen LogP contribution in [-0.4, -0.2) is 27.0 Å². The largest absolute Gasteiger partial charge is 0.337 e. The van der Waals surface area contributed by atoms with Gasteiger partial charge in [-0.15, -0.1) is 12.4 Å². The fourth-order valence-electron chi connectivity index (χ4n) is 3.27. The second kappa shape index (κ2) is 10.1. The minimum atomic E-state index is 0. The average molecular weight is 461 g/mol. The van der Waals surface area contributed by atoms with Crippen molar-refractivity contribution >= 4 is 56.6 Å². The molecule has 0 aliphatic rings. The van der Waals surface area contributed by atoms with E-state index in [2.05, 4.69) is 16.0 Å². The van der Waals surface area contributed by atoms with Crippen molar-refractivity contribution in [2.75, 3.05) is 11.4 Å². The lowest BCUT2D eigenvalue weighted by atomic mass is 10.1. The number of amides is 1. The summed E-state index contributed by atoms with van der Waals surface area (Å²) >= 11 is 7.80. The maximum absolute atomic E-state index is 13.2. The number of carbonyl (C=O) groups excluding carboxylic acids is 1. The first-order chi connectivity index (χ1) is 14.1. The first-order valence-corrected chi connectivity index (χ1v) is 10.7. The van der Waals surface area contributed by atoms with E-state index in [0.29, 0.717) is 23.1 Å². The lowest BCUT2D eigenvalue weighted by Gasteiger charge is -2.20. The molecule has 2 aromatic heterocycles. The van der Waals surface area contributed by atoms with Gasteiger partial charge in [0.25, 0.3) is 0 Å². The average Bonchev–Trinajstić information content (AvgIpc) is 3.35. The zero-order valence-corrected chi connectivity index (χ0v) is 18.9. The van der Waals surface area contributed by atoms with E-state index in [4.69, 9.17) is 11.6 Å². The van der Waals surface area contributed by atoms with Crippen LogP contribution in [0.2, 0.25) is 5.02 Å². The minimum absolute atomic E-state index is 0. The molecule has 1 amide bonds. The molecule has 0 atom stereocenters. The second-order valence-corrected chi connectivity index (χ2v) is 8.36. The van der Waals surface area contributed by atoms with Gasteiger partial charge in [-0.25, -0.2) is 9.97 Å². The molecule has 0 aliphatic heterocycles. The standard InChI is InChI=1S/C22H21ClN4OS.ClH/c1-16-5-2-6-17(13-16)14-20(28)27(11-4-10-26-12-9-24-15-26)22-25-21-18(23)7-3-8-19(21)29-22;/h2-3,5-9,12-13,15H,4,10-11,14H2,1H3;1H. The first-order valence-electron chi connectivity index (χ1n) is 9.47. The molecule has 4 rings (SSSR count). The van der Waals surface area contributed by atoms with Gasteiger partial charge in [-0.1, -0.05) is 58.8 Å². The first kappa shape index (κ1) is 22.3. The summed E-state index contributed by atoms with van der Waals surface area (Å²) in [7, 11) is 0. The minimum Gasteiger partial charge on any atom is -0.337 e. The highest BCUT2D eigenvalue weighted by Crippen LogP contribution is 2.33. The highest BCUT2D eigenvalue weighted by molar-refractivity contribution is 7.22. The third-order valence-corrected chi connectivity index (χ3v) is 6.03. The summed E-state index contributed by atoms with van der Waals surface area (Å²) in [6, 6.07) is 13.8. The molecule has 4 aromatic rings. The number of thiazole rings is 1. The summed E-state index contributed by atoms with van der Waals surface area (Å²) in [6.45, 7) is 3.41. The normalized spacial score (nSPS) is 10.7. The van der Waals surface area contributed by atoms with E-state index < -0.39 is 0 Å². The molecule has 156 valence electrons. The Balaban J connectivity index is 0.00000256. The van der Waals surface area contributed by atoms with Crippen LogP contribution in [0.5, 0.6) is 0 Å². The number of aryl methyl sites for hydroxylation is 2. The van der Waals surface area contributed by atoms with E-state index >= 15 is 0 Å². The third kappa shape index (κ3) is 5.19. The number of anilines is 1. The topological polar surface area (TPSA) is 51.0 Å². The molecule has 2 aromatic carbocycles. The van der Waals surface area contributed by atoms with Crippen LogP contribution < -0.4 is 4.90 Å². The fourth-order valence-corrected chi connectivity index (χ4v) is 4.58. The number of rotatable bonds is 7. The third-order valence-electron chi connectivity index (χ3n) is 4.69. The molecule has 0 radical (unpaired) electrons. The molecular formula is C22H22Cl2N4OS. The molecule has 0 N–H and O–H groups in total. The van der Waals surface area contributed by atoms with Crippen LogP contribution in [-0.2, 0) is 17.8 Å². The van der Waals surface area contributed by atoms with Gasteiger partial charge >= 0.3 is 0 Å². The van der Waals surface area contributed by atoms with Gasteiger partial charge in [-0.05, 0) is 31.0 Å². The number of hydrogen-bond acceptors (Lipinski definition) is 4.